The molecule has 1 heterocycles. The molecule has 3 N–H and O–H groups in total. The Bertz CT molecular complexity index is 1100. The maximum Gasteiger partial charge on any atom is 0.151 e. The predicted molar refractivity (Wildman–Crippen MR) is 140 cm³/mol. The summed E-state index contributed by atoms with van der Waals surface area (Å²) in [6.07, 6.45) is 8.02. The lowest BCUT2D eigenvalue weighted by Crippen LogP contribution is -2.33. The number of nitrogens with two attached hydrogens (primary N) is 1. The third kappa shape index (κ3) is 5.35. The van der Waals surface area contributed by atoms with E-state index in [1.807, 2.05) is 55.6 Å². The second-order valence-corrected chi connectivity index (χ2v) is 8.94. The zero-order valence-electron chi connectivity index (χ0n) is 19.7. The Balaban J connectivity index is 0.000000243. The van der Waals surface area contributed by atoms with Gasteiger partial charge in [-0.25, -0.2) is 0 Å². The van der Waals surface area contributed by atoms with Crippen molar-refractivity contribution in [1.82, 2.24) is 5.32 Å². The molecule has 2 aliphatic rings. The van der Waals surface area contributed by atoms with Gasteiger partial charge in [0.1, 0.15) is 0 Å². The van der Waals surface area contributed by atoms with Gasteiger partial charge in [-0.05, 0) is 50.4 Å². The van der Waals surface area contributed by atoms with Crippen LogP contribution in [0.25, 0.3) is 0 Å². The molecule has 0 fully saturated rings. The minimum absolute atomic E-state index is 0.177. The number of fused-ring (bicyclic) bond motifs is 2. The molecule has 0 amide bonds. The summed E-state index contributed by atoms with van der Waals surface area (Å²) >= 11 is 0. The highest BCUT2D eigenvalue weighted by Gasteiger charge is 2.42. The van der Waals surface area contributed by atoms with Gasteiger partial charge in [0, 0.05) is 17.5 Å². The Hall–Kier alpha value is -3.37. The molecular weight excluding hydrogens is 404 g/mol. The van der Waals surface area contributed by atoms with E-state index < -0.39 is 0 Å². The van der Waals surface area contributed by atoms with Crippen molar-refractivity contribution in [3.05, 3.63) is 113 Å². The van der Waals surface area contributed by atoms with Crippen LogP contribution in [0.15, 0.2) is 96.1 Å². The molecule has 33 heavy (non-hydrogen) atoms. The molecule has 3 aromatic rings. The SMILES string of the molecule is CNCc1ccccc1.Cc1ccc2c(c1)C1(CC=CCC1)CN2/N=C(\N)c1ccccc1. The van der Waals surface area contributed by atoms with Gasteiger partial charge < -0.3 is 11.1 Å². The van der Waals surface area contributed by atoms with Crippen LogP contribution >= 0.6 is 0 Å². The van der Waals surface area contributed by atoms with Gasteiger partial charge >= 0.3 is 0 Å². The van der Waals surface area contributed by atoms with Crippen LogP contribution in [0.2, 0.25) is 0 Å². The van der Waals surface area contributed by atoms with E-state index in [0.717, 1.165) is 31.5 Å². The topological polar surface area (TPSA) is 53.6 Å². The van der Waals surface area contributed by atoms with Crippen molar-refractivity contribution < 1.29 is 0 Å². The molecule has 5 rings (SSSR count). The Morgan fingerprint density at radius 3 is 2.39 bits per heavy atom. The van der Waals surface area contributed by atoms with E-state index in [-0.39, 0.29) is 5.41 Å². The number of benzene rings is 3. The van der Waals surface area contributed by atoms with Crippen molar-refractivity contribution in [2.24, 2.45) is 10.8 Å². The first-order valence-electron chi connectivity index (χ1n) is 11.7. The van der Waals surface area contributed by atoms with E-state index in [1.165, 1.54) is 28.8 Å². The van der Waals surface area contributed by atoms with Crippen molar-refractivity contribution >= 4 is 11.5 Å². The second kappa shape index (κ2) is 10.5. The molecule has 4 heteroatoms. The summed E-state index contributed by atoms with van der Waals surface area (Å²) < 4.78 is 0. The third-order valence-corrected chi connectivity index (χ3v) is 6.44. The van der Waals surface area contributed by atoms with Crippen LogP contribution in [0, 0.1) is 6.92 Å². The van der Waals surface area contributed by atoms with Crippen LogP contribution in [-0.2, 0) is 12.0 Å². The molecule has 1 atom stereocenters. The molecule has 4 nitrogen and oxygen atoms in total. The number of rotatable bonds is 4. The maximum atomic E-state index is 6.27. The second-order valence-electron chi connectivity index (χ2n) is 8.94. The molecule has 0 radical (unpaired) electrons. The Morgan fingerprint density at radius 1 is 1.00 bits per heavy atom. The van der Waals surface area contributed by atoms with Crippen molar-refractivity contribution in [2.45, 2.75) is 38.1 Å². The van der Waals surface area contributed by atoms with Gasteiger partial charge in [-0.2, -0.15) is 5.10 Å². The lowest BCUT2D eigenvalue weighted by Gasteiger charge is -2.31. The molecule has 170 valence electrons. The first-order valence-corrected chi connectivity index (χ1v) is 11.7. The maximum absolute atomic E-state index is 6.27. The highest BCUT2D eigenvalue weighted by Crippen LogP contribution is 2.48. The lowest BCUT2D eigenvalue weighted by molar-refractivity contribution is 0.411. The molecule has 1 aliphatic carbocycles. The van der Waals surface area contributed by atoms with Gasteiger partial charge in [-0.15, -0.1) is 0 Å². The summed E-state index contributed by atoms with van der Waals surface area (Å²) in [4.78, 5) is 0. The number of hydrazone groups is 1. The fourth-order valence-electron chi connectivity index (χ4n) is 4.72. The molecule has 3 aromatic carbocycles. The Morgan fingerprint density at radius 2 is 1.73 bits per heavy atom. The zero-order chi connectivity index (χ0) is 23.1. The summed E-state index contributed by atoms with van der Waals surface area (Å²) in [6.45, 7) is 4.03. The minimum atomic E-state index is 0.177. The summed E-state index contributed by atoms with van der Waals surface area (Å²) in [7, 11) is 1.95. The van der Waals surface area contributed by atoms with E-state index in [1.54, 1.807) is 0 Å². The van der Waals surface area contributed by atoms with E-state index in [9.17, 15) is 0 Å². The monoisotopic (exact) mass is 438 g/mol. The van der Waals surface area contributed by atoms with E-state index in [4.69, 9.17) is 10.8 Å². The number of nitrogens with one attached hydrogen (secondary N) is 1. The normalized spacial score (nSPS) is 19.2. The summed E-state index contributed by atoms with van der Waals surface area (Å²) in [5.41, 5.74) is 12.7. The van der Waals surface area contributed by atoms with Crippen LogP contribution in [0.1, 0.15) is 41.5 Å². The highest BCUT2D eigenvalue weighted by molar-refractivity contribution is 5.98. The van der Waals surface area contributed by atoms with E-state index in [0.29, 0.717) is 5.84 Å². The fraction of sp³-hybridized carbons (Fsp3) is 0.276. The zero-order valence-corrected chi connectivity index (χ0v) is 19.7. The van der Waals surface area contributed by atoms with Crippen molar-refractivity contribution in [2.75, 3.05) is 18.6 Å². The molecule has 0 saturated heterocycles. The number of allylic oxidation sites excluding steroid dienone is 2. The Labute approximate surface area is 197 Å². The molecule has 0 aromatic heterocycles. The van der Waals surface area contributed by atoms with Crippen molar-refractivity contribution in [3.8, 4) is 0 Å². The molecule has 0 saturated carbocycles. The van der Waals surface area contributed by atoms with Crippen molar-refractivity contribution in [1.29, 1.82) is 0 Å². The largest absolute Gasteiger partial charge is 0.382 e. The van der Waals surface area contributed by atoms with Gasteiger partial charge in [0.05, 0.1) is 12.2 Å². The van der Waals surface area contributed by atoms with Gasteiger partial charge in [-0.3, -0.25) is 5.01 Å². The molecule has 1 spiro atoms. The van der Waals surface area contributed by atoms with Gasteiger partial charge in [0.2, 0.25) is 0 Å². The highest BCUT2D eigenvalue weighted by atomic mass is 15.5. The fourth-order valence-corrected chi connectivity index (χ4v) is 4.72. The summed E-state index contributed by atoms with van der Waals surface area (Å²) in [5.74, 6) is 0.575. The van der Waals surface area contributed by atoms with Crippen LogP contribution in [-0.4, -0.2) is 19.4 Å². The minimum Gasteiger partial charge on any atom is -0.382 e. The average molecular weight is 439 g/mol. The predicted octanol–water partition coefficient (Wildman–Crippen LogP) is 5.52. The molecular formula is C29H34N4. The van der Waals surface area contributed by atoms with E-state index >= 15 is 0 Å². The standard InChI is InChI=1S/C21H23N3.C8H11N/c1-16-10-11-19-18(14-16)21(12-6-3-7-13-21)15-24(19)23-20(22)17-8-4-2-5-9-17;1-9-7-8-5-3-2-4-6-8/h2-6,8-11,14H,7,12-13,15H2,1H3,(H2,22,23);2-6,9H,7H2,1H3. The summed E-state index contributed by atoms with van der Waals surface area (Å²) in [6, 6.07) is 27.0. The van der Waals surface area contributed by atoms with Crippen LogP contribution in [0.5, 0.6) is 0 Å². The molecule has 0 bridgehead atoms. The van der Waals surface area contributed by atoms with Crippen LogP contribution in [0.4, 0.5) is 5.69 Å². The van der Waals surface area contributed by atoms with Gasteiger partial charge in [-0.1, -0.05) is 90.5 Å². The summed E-state index contributed by atoms with van der Waals surface area (Å²) in [5, 5.41) is 9.96. The number of nitrogens with zero attached hydrogens (tertiary/aromatic N) is 2. The molecule has 1 aliphatic heterocycles. The van der Waals surface area contributed by atoms with E-state index in [2.05, 4.69) is 59.7 Å². The number of anilines is 1. The smallest absolute Gasteiger partial charge is 0.151 e. The number of amidine groups is 1. The third-order valence-electron chi connectivity index (χ3n) is 6.44. The van der Waals surface area contributed by atoms with Crippen LogP contribution in [0.3, 0.4) is 0 Å². The first-order chi connectivity index (χ1) is 16.1. The number of aryl methyl sites for hydroxylation is 1. The Kier molecular flexibility index (Phi) is 7.26. The number of hydrogen-bond acceptors (Lipinski definition) is 3. The van der Waals surface area contributed by atoms with Gasteiger partial charge in [0.15, 0.2) is 5.84 Å². The average Bonchev–Trinajstić information content (AvgIpc) is 3.13. The van der Waals surface area contributed by atoms with Gasteiger partial charge in [0.25, 0.3) is 0 Å². The number of hydrogen-bond donors (Lipinski definition) is 2. The molecule has 1 unspecified atom stereocenters. The first kappa shape index (κ1) is 22.8. The van der Waals surface area contributed by atoms with Crippen molar-refractivity contribution in [3.63, 3.8) is 0 Å². The lowest BCUT2D eigenvalue weighted by atomic mass is 9.73. The van der Waals surface area contributed by atoms with Crippen LogP contribution < -0.4 is 16.1 Å². The quantitative estimate of drug-likeness (QED) is 0.320.